The zero-order valence-corrected chi connectivity index (χ0v) is 12.2. The minimum absolute atomic E-state index is 0.234. The average Bonchev–Trinajstić information content (AvgIpc) is 2.37. The Morgan fingerprint density at radius 1 is 1.35 bits per heavy atom. The molecule has 106 valence electrons. The molecule has 0 radical (unpaired) electrons. The molecule has 1 aromatic carbocycles. The number of nitrogens with zero attached hydrogens (tertiary/aromatic N) is 2. The minimum atomic E-state index is -3.53. The van der Waals surface area contributed by atoms with Crippen LogP contribution in [0.15, 0.2) is 35.5 Å². The van der Waals surface area contributed by atoms with Gasteiger partial charge >= 0.3 is 0 Å². The smallest absolute Gasteiger partial charge is 0.243 e. The van der Waals surface area contributed by atoms with Gasteiger partial charge in [0.25, 0.3) is 0 Å². The molecule has 0 saturated carbocycles. The van der Waals surface area contributed by atoms with Gasteiger partial charge in [0.2, 0.25) is 10.0 Å². The average molecular weight is 312 g/mol. The summed E-state index contributed by atoms with van der Waals surface area (Å²) in [5.41, 5.74) is 5.54. The maximum absolute atomic E-state index is 12.6. The van der Waals surface area contributed by atoms with Crippen molar-refractivity contribution in [3.63, 3.8) is 0 Å². The van der Waals surface area contributed by atoms with Gasteiger partial charge in [-0.05, 0) is 18.5 Å². The molecule has 0 atom stereocenters. The van der Waals surface area contributed by atoms with Gasteiger partial charge in [-0.15, -0.1) is 0 Å². The number of hydrogen-bond donors (Lipinski definition) is 1. The monoisotopic (exact) mass is 311 g/mol. The summed E-state index contributed by atoms with van der Waals surface area (Å²) in [6.45, 7) is 1.45. The van der Waals surface area contributed by atoms with Gasteiger partial charge in [0.05, 0.1) is 9.92 Å². The summed E-state index contributed by atoms with van der Waals surface area (Å²) in [6.07, 6.45) is 3.07. The quantitative estimate of drug-likeness (QED) is 0.931. The van der Waals surface area contributed by atoms with E-state index in [9.17, 15) is 8.42 Å². The number of sulfonamides is 1. The van der Waals surface area contributed by atoms with Gasteiger partial charge in [-0.3, -0.25) is 4.98 Å². The molecule has 2 aromatic rings. The first-order valence-corrected chi connectivity index (χ1v) is 8.08. The van der Waals surface area contributed by atoms with Crippen LogP contribution in [0.5, 0.6) is 0 Å². The minimum Gasteiger partial charge on any atom is -0.330 e. The zero-order chi connectivity index (χ0) is 14.3. The Balaban J connectivity index is 2.11. The predicted octanol–water partition coefficient (Wildman–Crippen LogP) is 1.47. The molecular weight excluding hydrogens is 298 g/mol. The Morgan fingerprint density at radius 2 is 2.10 bits per heavy atom. The molecular formula is C13H14ClN3O2S. The molecule has 2 N–H and O–H groups in total. The number of fused-ring (bicyclic) bond motifs is 1. The standard InChI is InChI=1S/C13H14ClN3O2S/c14-11-6-16-5-10-2-1-3-12(13(10)11)20(18,19)17-7-9(4-15)8-17/h1-3,5-6,9H,4,7-8,15H2. The van der Waals surface area contributed by atoms with Gasteiger partial charge in [0.15, 0.2) is 0 Å². The van der Waals surface area contributed by atoms with E-state index in [1.807, 2.05) is 0 Å². The number of benzene rings is 1. The molecule has 1 aliphatic rings. The van der Waals surface area contributed by atoms with Crippen LogP contribution in [0.25, 0.3) is 10.8 Å². The van der Waals surface area contributed by atoms with Gasteiger partial charge in [-0.25, -0.2) is 8.42 Å². The largest absolute Gasteiger partial charge is 0.330 e. The molecule has 1 aliphatic heterocycles. The molecule has 1 aromatic heterocycles. The number of hydrogen-bond acceptors (Lipinski definition) is 4. The van der Waals surface area contributed by atoms with Crippen LogP contribution in [0, 0.1) is 5.92 Å². The van der Waals surface area contributed by atoms with Crippen LogP contribution in [0.4, 0.5) is 0 Å². The molecule has 7 heteroatoms. The molecule has 3 rings (SSSR count). The molecule has 20 heavy (non-hydrogen) atoms. The number of halogens is 1. The van der Waals surface area contributed by atoms with Crippen molar-refractivity contribution in [3.8, 4) is 0 Å². The van der Waals surface area contributed by atoms with E-state index in [1.54, 1.807) is 24.4 Å². The third-order valence-electron chi connectivity index (χ3n) is 3.57. The summed E-state index contributed by atoms with van der Waals surface area (Å²) in [5, 5.41) is 1.59. The SMILES string of the molecule is NCC1CN(S(=O)(=O)c2cccc3cncc(Cl)c23)C1. The van der Waals surface area contributed by atoms with Crippen LogP contribution in [0.1, 0.15) is 0 Å². The molecule has 0 spiro atoms. The van der Waals surface area contributed by atoms with E-state index >= 15 is 0 Å². The first-order valence-electron chi connectivity index (χ1n) is 6.26. The predicted molar refractivity (Wildman–Crippen MR) is 78.1 cm³/mol. The first-order chi connectivity index (χ1) is 9.54. The highest BCUT2D eigenvalue weighted by molar-refractivity contribution is 7.89. The molecule has 0 amide bonds. The van der Waals surface area contributed by atoms with Gasteiger partial charge in [-0.1, -0.05) is 23.7 Å². The molecule has 2 heterocycles. The summed E-state index contributed by atoms with van der Waals surface area (Å²) in [7, 11) is -3.53. The molecule has 0 aliphatic carbocycles. The van der Waals surface area contributed by atoms with Crippen molar-refractivity contribution in [1.29, 1.82) is 0 Å². The Kier molecular flexibility index (Phi) is 3.41. The van der Waals surface area contributed by atoms with E-state index in [0.29, 0.717) is 30.0 Å². The normalized spacial score (nSPS) is 17.3. The van der Waals surface area contributed by atoms with Crippen LogP contribution in [0.3, 0.4) is 0 Å². The second-order valence-electron chi connectivity index (χ2n) is 4.90. The number of aromatic nitrogens is 1. The van der Waals surface area contributed by atoms with Crippen LogP contribution < -0.4 is 5.73 Å². The Hall–Kier alpha value is -1.21. The van der Waals surface area contributed by atoms with Crippen molar-refractivity contribution in [1.82, 2.24) is 9.29 Å². The van der Waals surface area contributed by atoms with Crippen LogP contribution in [0.2, 0.25) is 5.02 Å². The van der Waals surface area contributed by atoms with Gasteiger partial charge in [-0.2, -0.15) is 4.31 Å². The van der Waals surface area contributed by atoms with E-state index < -0.39 is 10.0 Å². The first kappa shape index (κ1) is 13.8. The third-order valence-corrected chi connectivity index (χ3v) is 5.73. The number of pyridine rings is 1. The molecule has 1 saturated heterocycles. The lowest BCUT2D eigenvalue weighted by molar-refractivity contribution is 0.207. The zero-order valence-electron chi connectivity index (χ0n) is 10.7. The lowest BCUT2D eigenvalue weighted by Gasteiger charge is -2.37. The number of nitrogens with two attached hydrogens (primary N) is 1. The summed E-state index contributed by atoms with van der Waals surface area (Å²) in [5.74, 6) is 0.247. The van der Waals surface area contributed by atoms with E-state index in [1.165, 1.54) is 10.5 Å². The van der Waals surface area contributed by atoms with E-state index in [-0.39, 0.29) is 10.8 Å². The second kappa shape index (κ2) is 4.96. The highest BCUT2D eigenvalue weighted by Gasteiger charge is 2.36. The maximum atomic E-state index is 12.6. The fourth-order valence-corrected chi connectivity index (χ4v) is 4.53. The fourth-order valence-electron chi connectivity index (χ4n) is 2.38. The lowest BCUT2D eigenvalue weighted by Crippen LogP contribution is -2.52. The highest BCUT2D eigenvalue weighted by Crippen LogP contribution is 2.33. The van der Waals surface area contributed by atoms with Crippen molar-refractivity contribution in [3.05, 3.63) is 35.6 Å². The Bertz CT molecular complexity index is 752. The molecule has 0 unspecified atom stereocenters. The molecule has 1 fully saturated rings. The van der Waals surface area contributed by atoms with Crippen molar-refractivity contribution >= 4 is 32.4 Å². The van der Waals surface area contributed by atoms with Crippen LogP contribution in [-0.4, -0.2) is 37.3 Å². The van der Waals surface area contributed by atoms with Crippen molar-refractivity contribution in [2.24, 2.45) is 11.7 Å². The summed E-state index contributed by atoms with van der Waals surface area (Å²) in [6, 6.07) is 5.08. The Labute approximate surface area is 122 Å². The van der Waals surface area contributed by atoms with E-state index in [0.717, 1.165) is 5.39 Å². The third kappa shape index (κ3) is 2.09. The van der Waals surface area contributed by atoms with Crippen LogP contribution in [-0.2, 0) is 10.0 Å². The van der Waals surface area contributed by atoms with Gasteiger partial charge in [0, 0.05) is 36.3 Å². The lowest BCUT2D eigenvalue weighted by atomic mass is 10.0. The van der Waals surface area contributed by atoms with Crippen molar-refractivity contribution < 1.29 is 8.42 Å². The van der Waals surface area contributed by atoms with Crippen molar-refractivity contribution in [2.75, 3.05) is 19.6 Å². The summed E-state index contributed by atoms with van der Waals surface area (Å²) in [4.78, 5) is 4.22. The fraction of sp³-hybridized carbons (Fsp3) is 0.308. The van der Waals surface area contributed by atoms with Gasteiger partial charge in [0.1, 0.15) is 0 Å². The summed E-state index contributed by atoms with van der Waals surface area (Å²) >= 11 is 6.12. The Morgan fingerprint density at radius 3 is 2.80 bits per heavy atom. The highest BCUT2D eigenvalue weighted by atomic mass is 35.5. The maximum Gasteiger partial charge on any atom is 0.243 e. The molecule has 0 bridgehead atoms. The van der Waals surface area contributed by atoms with E-state index in [4.69, 9.17) is 17.3 Å². The molecule has 5 nitrogen and oxygen atoms in total. The van der Waals surface area contributed by atoms with Gasteiger partial charge < -0.3 is 5.73 Å². The topological polar surface area (TPSA) is 76.3 Å². The van der Waals surface area contributed by atoms with Crippen molar-refractivity contribution in [2.45, 2.75) is 4.90 Å². The summed E-state index contributed by atoms with van der Waals surface area (Å²) < 4.78 is 26.7. The van der Waals surface area contributed by atoms with Crippen LogP contribution >= 0.6 is 11.6 Å². The number of rotatable bonds is 3. The second-order valence-corrected chi connectivity index (χ2v) is 7.21. The van der Waals surface area contributed by atoms with E-state index in [2.05, 4.69) is 4.98 Å².